The highest BCUT2D eigenvalue weighted by Crippen LogP contribution is 2.33. The average Bonchev–Trinajstić information content (AvgIpc) is 3.23. The lowest BCUT2D eigenvalue weighted by Crippen LogP contribution is -2.52. The summed E-state index contributed by atoms with van der Waals surface area (Å²) in [6.45, 7) is 1.77. The number of rotatable bonds is 4. The second kappa shape index (κ2) is 9.93. The molecule has 2 fully saturated rings. The first kappa shape index (κ1) is 24.3. The first-order valence-electron chi connectivity index (χ1n) is 12.2. The Morgan fingerprint density at radius 2 is 2.00 bits per heavy atom. The van der Waals surface area contributed by atoms with Crippen LogP contribution in [0.3, 0.4) is 0 Å². The number of anilines is 1. The molecule has 2 aromatic carbocycles. The maximum atomic E-state index is 13.1. The van der Waals surface area contributed by atoms with Crippen molar-refractivity contribution in [2.45, 2.75) is 38.3 Å². The first-order chi connectivity index (χ1) is 17.9. The third kappa shape index (κ3) is 4.72. The van der Waals surface area contributed by atoms with Crippen molar-refractivity contribution >= 4 is 29.1 Å². The molecule has 5 rings (SSSR count). The third-order valence-corrected chi connectivity index (χ3v) is 7.14. The Morgan fingerprint density at radius 3 is 2.76 bits per heavy atom. The van der Waals surface area contributed by atoms with Gasteiger partial charge in [0.1, 0.15) is 6.04 Å². The zero-order valence-corrected chi connectivity index (χ0v) is 20.4. The first-order valence-corrected chi connectivity index (χ1v) is 12.2. The number of hydrogen-bond acceptors (Lipinski definition) is 7. The zero-order valence-electron chi connectivity index (χ0n) is 20.4. The van der Waals surface area contributed by atoms with Gasteiger partial charge in [-0.1, -0.05) is 17.9 Å². The van der Waals surface area contributed by atoms with E-state index in [1.807, 2.05) is 6.07 Å². The number of fused-ring (bicyclic) bond motifs is 1. The van der Waals surface area contributed by atoms with Gasteiger partial charge in [0.05, 0.1) is 12.0 Å². The number of nitro benzene ring substituents is 1. The van der Waals surface area contributed by atoms with Crippen molar-refractivity contribution in [3.8, 4) is 17.6 Å². The predicted molar refractivity (Wildman–Crippen MR) is 134 cm³/mol. The van der Waals surface area contributed by atoms with Crippen molar-refractivity contribution in [3.63, 3.8) is 0 Å². The summed E-state index contributed by atoms with van der Waals surface area (Å²) in [4.78, 5) is 51.4. The van der Waals surface area contributed by atoms with Crippen molar-refractivity contribution in [2.75, 3.05) is 25.1 Å². The number of methoxy groups -OCH3 is 1. The van der Waals surface area contributed by atoms with E-state index in [-0.39, 0.29) is 42.1 Å². The van der Waals surface area contributed by atoms with E-state index in [0.717, 1.165) is 36.2 Å². The summed E-state index contributed by atoms with van der Waals surface area (Å²) in [6.07, 6.45) is 2.37. The van der Waals surface area contributed by atoms with Crippen LogP contribution in [0.5, 0.6) is 5.75 Å². The number of imide groups is 1. The molecular formula is C27H26N4O6. The Bertz CT molecular complexity index is 1360. The molecule has 190 valence electrons. The predicted octanol–water partition coefficient (Wildman–Crippen LogP) is 2.63. The molecule has 37 heavy (non-hydrogen) atoms. The minimum Gasteiger partial charge on any atom is -0.490 e. The fraction of sp³-hybridized carbons (Fsp3) is 0.370. The van der Waals surface area contributed by atoms with Crippen LogP contribution >= 0.6 is 0 Å². The number of nitrogens with one attached hydrogen (secondary N) is 1. The maximum Gasteiger partial charge on any atom is 0.311 e. The van der Waals surface area contributed by atoms with Crippen LogP contribution in [0.4, 0.5) is 11.4 Å². The highest BCUT2D eigenvalue weighted by Gasteiger charge is 2.39. The maximum absolute atomic E-state index is 13.1. The lowest BCUT2D eigenvalue weighted by atomic mass is 9.96. The number of nitrogens with zero attached hydrogens (tertiary/aromatic N) is 3. The quantitative estimate of drug-likeness (QED) is 0.295. The fourth-order valence-corrected chi connectivity index (χ4v) is 5.23. The molecule has 2 saturated heterocycles. The Hall–Kier alpha value is -4.39. The van der Waals surface area contributed by atoms with Crippen LogP contribution in [-0.2, 0) is 16.1 Å². The van der Waals surface area contributed by atoms with Gasteiger partial charge in [0.15, 0.2) is 5.75 Å². The Morgan fingerprint density at radius 1 is 1.16 bits per heavy atom. The Labute approximate surface area is 213 Å². The van der Waals surface area contributed by atoms with Gasteiger partial charge >= 0.3 is 5.69 Å². The number of benzene rings is 2. The molecule has 0 spiro atoms. The molecule has 3 aliphatic heterocycles. The second-order valence-corrected chi connectivity index (χ2v) is 9.40. The number of nitro groups is 1. The summed E-state index contributed by atoms with van der Waals surface area (Å²) >= 11 is 0. The average molecular weight is 503 g/mol. The summed E-state index contributed by atoms with van der Waals surface area (Å²) in [5, 5.41) is 13.5. The minimum absolute atomic E-state index is 0.0709. The summed E-state index contributed by atoms with van der Waals surface area (Å²) in [5.74, 6) is 5.97. The van der Waals surface area contributed by atoms with Crippen LogP contribution in [0.15, 0.2) is 36.4 Å². The molecule has 0 saturated carbocycles. The van der Waals surface area contributed by atoms with Crippen LogP contribution in [-0.4, -0.2) is 53.8 Å². The molecule has 2 aromatic rings. The van der Waals surface area contributed by atoms with Crippen LogP contribution in [0.2, 0.25) is 0 Å². The summed E-state index contributed by atoms with van der Waals surface area (Å²) < 4.78 is 5.22. The topological polar surface area (TPSA) is 122 Å². The molecule has 0 aromatic heterocycles. The van der Waals surface area contributed by atoms with Crippen LogP contribution in [0, 0.1) is 27.9 Å². The summed E-state index contributed by atoms with van der Waals surface area (Å²) in [7, 11) is 1.42. The molecule has 3 amide bonds. The second-order valence-electron chi connectivity index (χ2n) is 9.40. The van der Waals surface area contributed by atoms with Gasteiger partial charge in [-0.05, 0) is 43.0 Å². The Kier molecular flexibility index (Phi) is 6.53. The van der Waals surface area contributed by atoms with E-state index in [9.17, 15) is 24.5 Å². The number of carbonyl (C=O) groups is 3. The van der Waals surface area contributed by atoms with Gasteiger partial charge in [0.2, 0.25) is 11.8 Å². The van der Waals surface area contributed by atoms with E-state index in [1.54, 1.807) is 24.3 Å². The minimum atomic E-state index is -0.663. The zero-order chi connectivity index (χ0) is 26.1. The van der Waals surface area contributed by atoms with Crippen LogP contribution in [0.25, 0.3) is 0 Å². The lowest BCUT2D eigenvalue weighted by molar-refractivity contribution is -0.385. The van der Waals surface area contributed by atoms with Gasteiger partial charge < -0.3 is 14.5 Å². The number of hydrogen-bond donors (Lipinski definition) is 1. The van der Waals surface area contributed by atoms with Crippen molar-refractivity contribution in [3.05, 3.63) is 63.2 Å². The largest absolute Gasteiger partial charge is 0.490 e. The van der Waals surface area contributed by atoms with E-state index >= 15 is 0 Å². The van der Waals surface area contributed by atoms with E-state index in [1.165, 1.54) is 18.1 Å². The number of carbonyl (C=O) groups excluding carboxylic acids is 3. The van der Waals surface area contributed by atoms with E-state index in [4.69, 9.17) is 4.74 Å². The van der Waals surface area contributed by atoms with Crippen molar-refractivity contribution in [1.29, 1.82) is 0 Å². The van der Waals surface area contributed by atoms with Gasteiger partial charge in [0.25, 0.3) is 5.91 Å². The Balaban J connectivity index is 1.33. The highest BCUT2D eigenvalue weighted by molar-refractivity contribution is 6.05. The van der Waals surface area contributed by atoms with Crippen molar-refractivity contribution in [1.82, 2.24) is 10.2 Å². The van der Waals surface area contributed by atoms with Gasteiger partial charge in [-0.2, -0.15) is 0 Å². The molecule has 2 atom stereocenters. The number of piperidine rings is 2. The van der Waals surface area contributed by atoms with E-state index in [0.29, 0.717) is 18.5 Å². The standard InChI is InChI=1S/C27H26N4O6/c1-37-24-14-19(9-10-22(24)31(35)36)29-13-3-4-17(15-29)7-8-18-5-2-6-20-21(18)16-30(27(20)34)23-11-12-25(32)28-26(23)33/h2,5-6,9-10,14,17,23H,3-4,11-13,15-16H2,1H3,(H,28,32,33)/t17-,23?/m0/s1. The molecule has 1 N–H and O–H groups in total. The van der Waals surface area contributed by atoms with Crippen molar-refractivity contribution in [2.24, 2.45) is 5.92 Å². The van der Waals surface area contributed by atoms with Crippen molar-refractivity contribution < 1.29 is 24.0 Å². The normalized spacial score (nSPS) is 21.2. The van der Waals surface area contributed by atoms with Gasteiger partial charge in [-0.25, -0.2) is 0 Å². The molecular weight excluding hydrogens is 476 g/mol. The fourth-order valence-electron chi connectivity index (χ4n) is 5.23. The molecule has 0 bridgehead atoms. The molecule has 0 radical (unpaired) electrons. The molecule has 3 aliphatic rings. The molecule has 1 unspecified atom stereocenters. The smallest absolute Gasteiger partial charge is 0.311 e. The highest BCUT2D eigenvalue weighted by atomic mass is 16.6. The van der Waals surface area contributed by atoms with Crippen LogP contribution < -0.4 is 15.0 Å². The number of ether oxygens (including phenoxy) is 1. The van der Waals surface area contributed by atoms with Gasteiger partial charge in [-0.15, -0.1) is 0 Å². The lowest BCUT2D eigenvalue weighted by Gasteiger charge is -2.32. The molecule has 10 nitrogen and oxygen atoms in total. The van der Waals surface area contributed by atoms with E-state index in [2.05, 4.69) is 22.1 Å². The summed E-state index contributed by atoms with van der Waals surface area (Å²) in [6, 6.07) is 9.65. The SMILES string of the molecule is COc1cc(N2CCC[C@@H](C#Cc3cccc4c3CN(C3CCC(=O)NC3=O)C4=O)C2)ccc1[N+](=O)[O-]. The van der Waals surface area contributed by atoms with Gasteiger partial charge in [-0.3, -0.25) is 29.8 Å². The monoisotopic (exact) mass is 502 g/mol. The van der Waals surface area contributed by atoms with Gasteiger partial charge in [0, 0.05) is 60.9 Å². The third-order valence-electron chi connectivity index (χ3n) is 7.14. The number of amides is 3. The molecule has 3 heterocycles. The summed E-state index contributed by atoms with van der Waals surface area (Å²) in [5.41, 5.74) is 2.88. The molecule has 0 aliphatic carbocycles. The molecule has 10 heteroatoms. The van der Waals surface area contributed by atoms with E-state index < -0.39 is 16.9 Å². The van der Waals surface area contributed by atoms with Crippen LogP contribution in [0.1, 0.15) is 47.2 Å².